The van der Waals surface area contributed by atoms with Crippen molar-refractivity contribution in [1.29, 1.82) is 0 Å². The van der Waals surface area contributed by atoms with E-state index in [2.05, 4.69) is 4.74 Å². The van der Waals surface area contributed by atoms with E-state index in [0.29, 0.717) is 10.0 Å². The second kappa shape index (κ2) is 7.16. The van der Waals surface area contributed by atoms with Crippen LogP contribution in [-0.4, -0.2) is 37.5 Å². The number of rotatable bonds is 4. The van der Waals surface area contributed by atoms with Crippen molar-refractivity contribution in [3.05, 3.63) is 39.9 Å². The maximum Gasteiger partial charge on any atom is 0.325 e. The van der Waals surface area contributed by atoms with Crippen molar-refractivity contribution < 1.29 is 14.3 Å². The molecule has 0 heterocycles. The molecule has 0 aliphatic rings. The fourth-order valence-corrected chi connectivity index (χ4v) is 1.55. The quantitative estimate of drug-likeness (QED) is 0.634. The molecule has 0 saturated carbocycles. The summed E-state index contributed by atoms with van der Waals surface area (Å²) in [4.78, 5) is 24.0. The van der Waals surface area contributed by atoms with E-state index in [1.807, 2.05) is 0 Å². The van der Waals surface area contributed by atoms with Gasteiger partial charge in [-0.3, -0.25) is 9.59 Å². The molecular formula is C13H13Cl2NO3. The Hall–Kier alpha value is -1.52. The van der Waals surface area contributed by atoms with Crippen molar-refractivity contribution >= 4 is 41.2 Å². The molecule has 0 N–H and O–H groups in total. The van der Waals surface area contributed by atoms with Crippen LogP contribution in [0.5, 0.6) is 0 Å². The van der Waals surface area contributed by atoms with E-state index >= 15 is 0 Å². The molecule has 102 valence electrons. The maximum atomic E-state index is 11.7. The van der Waals surface area contributed by atoms with Crippen molar-refractivity contribution in [2.75, 3.05) is 20.7 Å². The molecule has 0 aromatic heterocycles. The van der Waals surface area contributed by atoms with E-state index in [4.69, 9.17) is 23.2 Å². The van der Waals surface area contributed by atoms with Gasteiger partial charge < -0.3 is 9.64 Å². The molecule has 6 heteroatoms. The smallest absolute Gasteiger partial charge is 0.325 e. The molecule has 0 bridgehead atoms. The van der Waals surface area contributed by atoms with E-state index in [0.717, 1.165) is 5.56 Å². The molecule has 1 aromatic carbocycles. The van der Waals surface area contributed by atoms with Crippen molar-refractivity contribution in [3.63, 3.8) is 0 Å². The largest absolute Gasteiger partial charge is 0.468 e. The standard InChI is InChI=1S/C13H13Cl2NO3/c1-16(8-13(18)19-2)12(17)6-4-9-3-5-10(14)11(15)7-9/h3-7H,8H2,1-2H3/b6-4+. The molecule has 0 aliphatic heterocycles. The molecule has 19 heavy (non-hydrogen) atoms. The Morgan fingerprint density at radius 2 is 2.00 bits per heavy atom. The zero-order valence-electron chi connectivity index (χ0n) is 10.5. The third kappa shape index (κ3) is 4.93. The highest BCUT2D eigenvalue weighted by molar-refractivity contribution is 6.42. The van der Waals surface area contributed by atoms with Gasteiger partial charge in [-0.05, 0) is 23.8 Å². The first kappa shape index (κ1) is 15.5. The summed E-state index contributed by atoms with van der Waals surface area (Å²) >= 11 is 11.6. The monoisotopic (exact) mass is 301 g/mol. The molecule has 0 atom stereocenters. The minimum absolute atomic E-state index is 0.0962. The highest BCUT2D eigenvalue weighted by Gasteiger charge is 2.10. The number of carbonyl (C=O) groups is 2. The number of methoxy groups -OCH3 is 1. The number of hydrogen-bond acceptors (Lipinski definition) is 3. The highest BCUT2D eigenvalue weighted by atomic mass is 35.5. The fourth-order valence-electron chi connectivity index (χ4n) is 1.25. The van der Waals surface area contributed by atoms with Crippen LogP contribution in [0.1, 0.15) is 5.56 Å². The number of nitrogens with zero attached hydrogens (tertiary/aromatic N) is 1. The van der Waals surface area contributed by atoms with Crippen molar-refractivity contribution in [1.82, 2.24) is 4.90 Å². The molecule has 0 spiro atoms. The summed E-state index contributed by atoms with van der Waals surface area (Å²) in [7, 11) is 2.78. The lowest BCUT2D eigenvalue weighted by Crippen LogP contribution is -2.31. The van der Waals surface area contributed by atoms with Crippen LogP contribution in [0.2, 0.25) is 10.0 Å². The molecule has 1 aromatic rings. The average molecular weight is 302 g/mol. The second-order valence-electron chi connectivity index (χ2n) is 3.78. The van der Waals surface area contributed by atoms with Crippen LogP contribution < -0.4 is 0 Å². The number of esters is 1. The molecule has 4 nitrogen and oxygen atoms in total. The SMILES string of the molecule is COC(=O)CN(C)C(=O)/C=C/c1ccc(Cl)c(Cl)c1. The van der Waals surface area contributed by atoms with Gasteiger partial charge in [-0.15, -0.1) is 0 Å². The molecule has 1 rings (SSSR count). The zero-order chi connectivity index (χ0) is 14.4. The Bertz CT molecular complexity index is 515. The van der Waals surface area contributed by atoms with E-state index < -0.39 is 5.97 Å². The molecule has 0 saturated heterocycles. The minimum atomic E-state index is -0.473. The normalized spacial score (nSPS) is 10.5. The summed E-state index contributed by atoms with van der Waals surface area (Å²) in [6, 6.07) is 5.03. The number of benzene rings is 1. The Kier molecular flexibility index (Phi) is 5.86. The molecular weight excluding hydrogens is 289 g/mol. The van der Waals surface area contributed by atoms with Gasteiger partial charge in [0.2, 0.25) is 5.91 Å². The van der Waals surface area contributed by atoms with Crippen LogP contribution in [0.3, 0.4) is 0 Å². The number of halogens is 2. The fraction of sp³-hybridized carbons (Fsp3) is 0.231. The molecule has 0 unspecified atom stereocenters. The Balaban J connectivity index is 2.67. The van der Waals surface area contributed by atoms with Gasteiger partial charge in [-0.1, -0.05) is 29.3 Å². The molecule has 0 radical (unpaired) electrons. The van der Waals surface area contributed by atoms with Gasteiger partial charge in [0.15, 0.2) is 0 Å². The second-order valence-corrected chi connectivity index (χ2v) is 4.59. The van der Waals surface area contributed by atoms with Gasteiger partial charge >= 0.3 is 5.97 Å². The number of hydrogen-bond donors (Lipinski definition) is 0. The van der Waals surface area contributed by atoms with Gasteiger partial charge in [-0.25, -0.2) is 0 Å². The predicted octanol–water partition coefficient (Wildman–Crippen LogP) is 2.64. The summed E-state index contributed by atoms with van der Waals surface area (Å²) in [6.45, 7) is -0.0962. The zero-order valence-corrected chi connectivity index (χ0v) is 12.0. The lowest BCUT2D eigenvalue weighted by Gasteiger charge is -2.12. The molecule has 0 aliphatic carbocycles. The maximum absolute atomic E-state index is 11.7. The minimum Gasteiger partial charge on any atom is -0.468 e. The lowest BCUT2D eigenvalue weighted by molar-refractivity contribution is -0.144. The Morgan fingerprint density at radius 3 is 2.58 bits per heavy atom. The third-order valence-electron chi connectivity index (χ3n) is 2.33. The van der Waals surface area contributed by atoms with Crippen LogP contribution in [0.4, 0.5) is 0 Å². The van der Waals surface area contributed by atoms with Gasteiger partial charge in [0.1, 0.15) is 6.54 Å². The first-order chi connectivity index (χ1) is 8.93. The number of likely N-dealkylation sites (N-methyl/N-ethyl adjacent to an activating group) is 1. The first-order valence-corrected chi connectivity index (χ1v) is 6.14. The van der Waals surface area contributed by atoms with Crippen LogP contribution >= 0.6 is 23.2 Å². The van der Waals surface area contributed by atoms with Crippen LogP contribution in [-0.2, 0) is 14.3 Å². The summed E-state index contributed by atoms with van der Waals surface area (Å²) in [5.41, 5.74) is 0.745. The molecule has 1 amide bonds. The summed E-state index contributed by atoms with van der Waals surface area (Å²) in [5.74, 6) is -0.782. The van der Waals surface area contributed by atoms with Crippen LogP contribution in [0.25, 0.3) is 6.08 Å². The van der Waals surface area contributed by atoms with Crippen molar-refractivity contribution in [2.45, 2.75) is 0 Å². The predicted molar refractivity (Wildman–Crippen MR) is 75.1 cm³/mol. The third-order valence-corrected chi connectivity index (χ3v) is 3.07. The topological polar surface area (TPSA) is 46.6 Å². The van der Waals surface area contributed by atoms with Crippen molar-refractivity contribution in [2.24, 2.45) is 0 Å². The van der Waals surface area contributed by atoms with E-state index in [1.54, 1.807) is 24.3 Å². The number of carbonyl (C=O) groups excluding carboxylic acids is 2. The van der Waals surface area contributed by atoms with Gasteiger partial charge in [0, 0.05) is 13.1 Å². The van der Waals surface area contributed by atoms with Gasteiger partial charge in [0.25, 0.3) is 0 Å². The Morgan fingerprint density at radius 1 is 1.32 bits per heavy atom. The Labute approximate surface area is 121 Å². The summed E-state index contributed by atoms with van der Waals surface area (Å²) in [5, 5.41) is 0.868. The van der Waals surface area contributed by atoms with Crippen LogP contribution in [0.15, 0.2) is 24.3 Å². The van der Waals surface area contributed by atoms with Crippen LogP contribution in [0, 0.1) is 0 Å². The molecule has 0 fully saturated rings. The number of ether oxygens (including phenoxy) is 1. The van der Waals surface area contributed by atoms with Gasteiger partial charge in [-0.2, -0.15) is 0 Å². The summed E-state index contributed by atoms with van der Waals surface area (Å²) in [6.07, 6.45) is 2.95. The highest BCUT2D eigenvalue weighted by Crippen LogP contribution is 2.23. The van der Waals surface area contributed by atoms with E-state index in [1.165, 1.54) is 25.1 Å². The first-order valence-electron chi connectivity index (χ1n) is 5.39. The lowest BCUT2D eigenvalue weighted by atomic mass is 10.2. The van der Waals surface area contributed by atoms with Crippen molar-refractivity contribution in [3.8, 4) is 0 Å². The summed E-state index contributed by atoms with van der Waals surface area (Å²) < 4.78 is 4.47. The van der Waals surface area contributed by atoms with E-state index in [-0.39, 0.29) is 12.5 Å². The van der Waals surface area contributed by atoms with Gasteiger partial charge in [0.05, 0.1) is 17.2 Å². The number of amides is 1. The van der Waals surface area contributed by atoms with E-state index in [9.17, 15) is 9.59 Å². The average Bonchev–Trinajstić information content (AvgIpc) is 2.39.